The van der Waals surface area contributed by atoms with Crippen LogP contribution in [0.1, 0.15) is 50.1 Å². The van der Waals surface area contributed by atoms with E-state index in [0.717, 1.165) is 30.3 Å². The van der Waals surface area contributed by atoms with Crippen molar-refractivity contribution >= 4 is 70.6 Å². The van der Waals surface area contributed by atoms with Crippen LogP contribution in [0.2, 0.25) is 0 Å². The van der Waals surface area contributed by atoms with Crippen LogP contribution in [0.5, 0.6) is 0 Å². The summed E-state index contributed by atoms with van der Waals surface area (Å²) in [5, 5.41) is 0. The second kappa shape index (κ2) is 31.0. The number of carbonyl (C=O) groups excluding carboxylic acids is 6. The van der Waals surface area contributed by atoms with Gasteiger partial charge in [0, 0.05) is 0 Å². The predicted octanol–water partition coefficient (Wildman–Crippen LogP) is 6.08. The highest BCUT2D eigenvalue weighted by atomic mass is 16.2. The number of benzene rings is 9. The van der Waals surface area contributed by atoms with Crippen LogP contribution < -0.4 is 68.3 Å². The van der Waals surface area contributed by atoms with E-state index in [4.69, 9.17) is 0 Å². The third-order valence-corrected chi connectivity index (χ3v) is 19.4. The van der Waals surface area contributed by atoms with E-state index in [1.165, 1.54) is 205 Å². The molecule has 0 aliphatic rings. The number of hydrogen-bond acceptors (Lipinski definition) is 24. The molecule has 0 aliphatic heterocycles. The predicted molar refractivity (Wildman–Crippen MR) is 423 cm³/mol. The van der Waals surface area contributed by atoms with E-state index in [1.807, 2.05) is 0 Å². The zero-order valence-electron chi connectivity index (χ0n) is 62.5. The van der Waals surface area contributed by atoms with Crippen LogP contribution in [0.4, 0.5) is 34.1 Å². The maximum absolute atomic E-state index is 16.0. The summed E-state index contributed by atoms with van der Waals surface area (Å²) in [6.45, 7) is 13.5. The van der Waals surface area contributed by atoms with Crippen molar-refractivity contribution in [1.82, 2.24) is 54.8 Å². The second-order valence-corrected chi connectivity index (χ2v) is 26.4. The first kappa shape index (κ1) is 78.0. The Bertz CT molecular complexity index is 7530. The summed E-state index contributed by atoms with van der Waals surface area (Å²) in [5.41, 5.74) is -19.8. The van der Waals surface area contributed by atoms with Crippen LogP contribution in [-0.4, -0.2) is 91.3 Å². The van der Waals surface area contributed by atoms with Gasteiger partial charge in [-0.15, -0.1) is 0 Å². The molecule has 0 N–H and O–H groups in total. The molecule has 0 atom stereocenters. The van der Waals surface area contributed by atoms with Crippen LogP contribution in [-0.2, 0) is 28.8 Å². The van der Waals surface area contributed by atoms with Gasteiger partial charge in [0.05, 0.1) is 102 Å². The molecule has 0 unspecified atom stereocenters. The number of hydrogen-bond donors (Lipinski definition) is 0. The Morgan fingerprint density at radius 1 is 0.171 bits per heavy atom. The van der Waals surface area contributed by atoms with Crippen molar-refractivity contribution in [1.29, 1.82) is 0 Å². The summed E-state index contributed by atoms with van der Waals surface area (Å²) in [4.78, 5) is 278. The van der Waals surface area contributed by atoms with Crippen molar-refractivity contribution in [3.05, 3.63) is 340 Å². The largest absolute Gasteiger partial charge is 0.345 e. The van der Waals surface area contributed by atoms with E-state index in [9.17, 15) is 38.4 Å². The summed E-state index contributed by atoms with van der Waals surface area (Å²) in [5.74, 6) is 0. The molecule has 0 fully saturated rings. The zero-order valence-corrected chi connectivity index (χ0v) is 62.5. The molecule has 9 aromatic carbocycles. The molecule has 4 aromatic heterocycles. The number of aliphatic imine (C=N–C) groups is 6. The molecule has 0 radical (unpaired) electrons. The van der Waals surface area contributed by atoms with Gasteiger partial charge in [0.15, 0.2) is 0 Å². The van der Waals surface area contributed by atoms with Crippen LogP contribution in [0, 0.1) is 62.3 Å². The van der Waals surface area contributed by atoms with E-state index in [0.29, 0.717) is 88.2 Å². The summed E-state index contributed by atoms with van der Waals surface area (Å²) >= 11 is 0. The minimum Gasteiger partial charge on any atom is -0.246 e. The van der Waals surface area contributed by atoms with Gasteiger partial charge in [-0.05, 0) is 222 Å². The Balaban J connectivity index is 1.10. The standard InChI is InChI=1S/C81H54N18O18/c1-43-10-19-52(28-61(43)82-37-100)88-70(106)89(53-20-11-44(2)62(29-53)83-38-101)72(108)94(71(88)107)58-25-16-49(7)67(34-58)98-78(114)92(56-23-14-47(5)65(32-56)86-41-104)74(110)96(80(98)116)60-27-18-51(9)69(36-60)99-79(115)93(57-24-15-48(6)66(33-57)87-42-105)75(111)95(81(99)117)59-26-17-50(8)68(35-59)97-76(112)90(54-21-12-45(3)63(30-54)84-39-102)73(109)91(77(97)113)55-22-13-46(4)64(31-55)85-40-103/h10-36H,1-9H3. The molecule has 4 heterocycles. The summed E-state index contributed by atoms with van der Waals surface area (Å²) in [7, 11) is 0. The molecule has 0 saturated heterocycles. The molecule has 0 spiro atoms. The molecule has 0 bridgehead atoms. The van der Waals surface area contributed by atoms with Gasteiger partial charge in [-0.3, -0.25) is 0 Å². The highest BCUT2D eigenvalue weighted by Crippen LogP contribution is 2.29. The number of aryl methyl sites for hydroxylation is 9. The fraction of sp³-hybridized carbons (Fsp3) is 0.111. The summed E-state index contributed by atoms with van der Waals surface area (Å²) < 4.78 is 5.89. The fourth-order valence-electron chi connectivity index (χ4n) is 13.2. The lowest BCUT2D eigenvalue weighted by atomic mass is 10.1. The summed E-state index contributed by atoms with van der Waals surface area (Å²) in [6, 6.07) is 33.5. The van der Waals surface area contributed by atoms with Crippen LogP contribution in [0.25, 0.3) is 68.2 Å². The molecule has 36 nitrogen and oxygen atoms in total. The topological polar surface area (TPSA) is 441 Å². The first-order chi connectivity index (χ1) is 56.0. The van der Waals surface area contributed by atoms with Gasteiger partial charge >= 0.3 is 68.3 Å². The van der Waals surface area contributed by atoms with Gasteiger partial charge < -0.3 is 0 Å². The lowest BCUT2D eigenvalue weighted by Crippen LogP contribution is -2.54. The van der Waals surface area contributed by atoms with E-state index in [1.54, 1.807) is 27.7 Å². The zero-order chi connectivity index (χ0) is 84.0. The van der Waals surface area contributed by atoms with Crippen molar-refractivity contribution < 1.29 is 28.8 Å². The van der Waals surface area contributed by atoms with Crippen LogP contribution in [0.3, 0.4) is 0 Å². The van der Waals surface area contributed by atoms with E-state index < -0.39 is 102 Å². The van der Waals surface area contributed by atoms with Crippen molar-refractivity contribution in [3.63, 3.8) is 0 Å². The fourth-order valence-corrected chi connectivity index (χ4v) is 13.2. The van der Waals surface area contributed by atoms with Crippen molar-refractivity contribution in [3.8, 4) is 68.2 Å². The monoisotopic (exact) mass is 1570 g/mol. The quantitative estimate of drug-likeness (QED) is 0.0694. The SMILES string of the molecule is Cc1ccc(-n2c(=O)n(-c3ccc(C)c(N=C=O)c3)c(=O)n(-c3ccc(C)c(-n4c(=O)n(-c5ccc(C)c(N=C=O)c5)c(=O)n(-c5ccc(C)c(-n6c(=O)n(-c7ccc(C)c(N=C=O)c7)c(=O)n(-c7ccc(C)c(-n8c(=O)n(-c9ccc(C)c(N=C=O)c9)c(=O)n(-c9ccc(C)c(N=C=O)c9)c8=O)c7)c6=O)c5)c4=O)c3)c2=O)cc1N=C=O. The lowest BCUT2D eigenvalue weighted by molar-refractivity contribution is 0.564. The average molecular weight is 1570 g/mol. The molecular weight excluding hydrogens is 1510 g/mol. The Morgan fingerprint density at radius 2 is 0.291 bits per heavy atom. The van der Waals surface area contributed by atoms with Crippen LogP contribution >= 0.6 is 0 Å². The van der Waals surface area contributed by atoms with E-state index in [2.05, 4.69) is 30.0 Å². The van der Waals surface area contributed by atoms with Gasteiger partial charge in [-0.1, -0.05) is 54.6 Å². The average Bonchev–Trinajstić information content (AvgIpc) is 0.730. The minimum absolute atomic E-state index is 0.0159. The highest BCUT2D eigenvalue weighted by Gasteiger charge is 2.29. The molecule has 36 heteroatoms. The number of nitrogens with zero attached hydrogens (tertiary/aromatic N) is 18. The van der Waals surface area contributed by atoms with E-state index in [-0.39, 0.29) is 84.9 Å². The van der Waals surface area contributed by atoms with Crippen molar-refractivity contribution in [2.75, 3.05) is 0 Å². The highest BCUT2D eigenvalue weighted by molar-refractivity contribution is 5.65. The number of isocyanates is 6. The molecule has 13 aromatic rings. The number of rotatable bonds is 18. The molecule has 13 rings (SSSR count). The van der Waals surface area contributed by atoms with Gasteiger partial charge in [-0.2, -0.15) is 30.0 Å². The van der Waals surface area contributed by atoms with Crippen LogP contribution in [0.15, 0.2) is 251 Å². The smallest absolute Gasteiger partial charge is 0.246 e. The van der Waals surface area contributed by atoms with Crippen molar-refractivity contribution in [2.24, 2.45) is 30.0 Å². The van der Waals surface area contributed by atoms with Gasteiger partial charge in [0.25, 0.3) is 0 Å². The molecule has 117 heavy (non-hydrogen) atoms. The molecular formula is C81H54N18O18. The van der Waals surface area contributed by atoms with Gasteiger partial charge in [-0.25, -0.2) is 141 Å². The van der Waals surface area contributed by atoms with Gasteiger partial charge in [0.1, 0.15) is 0 Å². The second-order valence-electron chi connectivity index (χ2n) is 26.4. The Labute approximate surface area is 651 Å². The first-order valence-corrected chi connectivity index (χ1v) is 34.5. The maximum atomic E-state index is 16.0. The Hall–Kier alpha value is -17.1. The Morgan fingerprint density at radius 3 is 0.427 bits per heavy atom. The third-order valence-electron chi connectivity index (χ3n) is 19.4. The minimum atomic E-state index is -1.53. The molecule has 0 saturated carbocycles. The third kappa shape index (κ3) is 13.5. The summed E-state index contributed by atoms with van der Waals surface area (Å²) in [6.07, 6.45) is 8.46. The maximum Gasteiger partial charge on any atom is 0.345 e. The van der Waals surface area contributed by atoms with Gasteiger partial charge in [0.2, 0.25) is 36.5 Å². The van der Waals surface area contributed by atoms with Crippen molar-refractivity contribution in [2.45, 2.75) is 62.3 Å². The van der Waals surface area contributed by atoms with E-state index >= 15 is 47.9 Å². The molecule has 576 valence electrons. The Kier molecular flexibility index (Phi) is 20.7. The lowest BCUT2D eigenvalue weighted by Gasteiger charge is -2.19. The number of aromatic nitrogens is 12. The first-order valence-electron chi connectivity index (χ1n) is 34.5. The normalized spacial score (nSPS) is 10.8. The molecule has 0 amide bonds. The molecule has 0 aliphatic carbocycles.